The number of aromatic nitrogens is 2. The number of aromatic amines is 1. The summed E-state index contributed by atoms with van der Waals surface area (Å²) in [5.41, 5.74) is 0.961. The van der Waals surface area contributed by atoms with Crippen molar-refractivity contribution in [1.29, 1.82) is 0 Å². The van der Waals surface area contributed by atoms with Gasteiger partial charge in [0.05, 0.1) is 24.0 Å². The molecule has 14 heteroatoms. The largest absolute Gasteiger partial charge is 0.494 e. The second kappa shape index (κ2) is 11.1. The standard InChI is InChI=1S/C24H24ClF2N5O5S/c1-37-19-6-3-14(20(26)21(19)27)11-16-13-28-22(29-16)23(33)30-15-4-5-17(18(25)12-15)24(34)31-7-9-32(10-8-31)38(2,35)36/h3-6,12-13H,7-11H2,1-2H3,(H,28,29)(H,30,33). The summed E-state index contributed by atoms with van der Waals surface area (Å²) in [6, 6.07) is 7.08. The number of nitrogens with zero attached hydrogens (tertiary/aromatic N) is 3. The molecule has 2 aromatic carbocycles. The molecule has 10 nitrogen and oxygen atoms in total. The summed E-state index contributed by atoms with van der Waals surface area (Å²) in [6.45, 7) is 0.853. The number of halogens is 3. The first-order valence-corrected chi connectivity index (χ1v) is 13.6. The highest BCUT2D eigenvalue weighted by molar-refractivity contribution is 7.88. The molecule has 202 valence electrons. The number of ether oxygens (including phenoxy) is 1. The van der Waals surface area contributed by atoms with Crippen LogP contribution in [0.2, 0.25) is 5.02 Å². The summed E-state index contributed by atoms with van der Waals surface area (Å²) in [6.07, 6.45) is 2.43. The number of carbonyl (C=O) groups excluding carboxylic acids is 2. The fourth-order valence-corrected chi connectivity index (χ4v) is 5.07. The molecule has 0 aliphatic carbocycles. The number of amides is 2. The van der Waals surface area contributed by atoms with E-state index in [4.69, 9.17) is 16.3 Å². The van der Waals surface area contributed by atoms with Crippen LogP contribution < -0.4 is 10.1 Å². The van der Waals surface area contributed by atoms with Gasteiger partial charge in [0.15, 0.2) is 17.4 Å². The van der Waals surface area contributed by atoms with Gasteiger partial charge < -0.3 is 19.9 Å². The van der Waals surface area contributed by atoms with Crippen LogP contribution in [0, 0.1) is 11.6 Å². The fourth-order valence-electron chi connectivity index (χ4n) is 3.99. The Morgan fingerprint density at radius 2 is 1.84 bits per heavy atom. The number of benzene rings is 2. The lowest BCUT2D eigenvalue weighted by Gasteiger charge is -2.33. The van der Waals surface area contributed by atoms with E-state index in [0.717, 1.165) is 6.26 Å². The smallest absolute Gasteiger partial charge is 0.291 e. The van der Waals surface area contributed by atoms with Crippen molar-refractivity contribution in [3.05, 3.63) is 75.8 Å². The summed E-state index contributed by atoms with van der Waals surface area (Å²) in [7, 11) is -2.09. The van der Waals surface area contributed by atoms with Crippen LogP contribution in [0.25, 0.3) is 0 Å². The number of methoxy groups -OCH3 is 1. The topological polar surface area (TPSA) is 125 Å². The highest BCUT2D eigenvalue weighted by atomic mass is 35.5. The van der Waals surface area contributed by atoms with E-state index < -0.39 is 27.6 Å². The first-order chi connectivity index (χ1) is 18.0. The summed E-state index contributed by atoms with van der Waals surface area (Å²) in [5.74, 6) is -3.38. The number of anilines is 1. The number of nitrogens with one attached hydrogen (secondary N) is 2. The minimum absolute atomic E-state index is 0.0336. The Labute approximate surface area is 222 Å². The van der Waals surface area contributed by atoms with Crippen LogP contribution in [0.1, 0.15) is 32.2 Å². The van der Waals surface area contributed by atoms with Crippen molar-refractivity contribution in [1.82, 2.24) is 19.2 Å². The Hall–Kier alpha value is -3.55. The maximum absolute atomic E-state index is 14.3. The van der Waals surface area contributed by atoms with Crippen LogP contribution >= 0.6 is 11.6 Å². The van der Waals surface area contributed by atoms with Crippen molar-refractivity contribution in [3.8, 4) is 5.75 Å². The van der Waals surface area contributed by atoms with Gasteiger partial charge in [0.25, 0.3) is 11.8 Å². The quantitative estimate of drug-likeness (QED) is 0.452. The second-order valence-electron chi connectivity index (χ2n) is 8.59. The number of piperazine rings is 1. The highest BCUT2D eigenvalue weighted by Crippen LogP contribution is 2.25. The molecule has 1 aromatic heterocycles. The van der Waals surface area contributed by atoms with Crippen molar-refractivity contribution in [2.75, 3.05) is 44.9 Å². The molecule has 0 saturated carbocycles. The molecule has 2 amide bonds. The van der Waals surface area contributed by atoms with Gasteiger partial charge in [-0.25, -0.2) is 17.8 Å². The fraction of sp³-hybridized carbons (Fsp3) is 0.292. The molecule has 0 spiro atoms. The highest BCUT2D eigenvalue weighted by Gasteiger charge is 2.27. The molecule has 4 rings (SSSR count). The van der Waals surface area contributed by atoms with Crippen LogP contribution in [0.3, 0.4) is 0 Å². The number of H-pyrrole nitrogens is 1. The Kier molecular flexibility index (Phi) is 7.99. The Balaban J connectivity index is 1.39. The van der Waals surface area contributed by atoms with Gasteiger partial charge in [-0.1, -0.05) is 17.7 Å². The van der Waals surface area contributed by atoms with E-state index in [-0.39, 0.29) is 66.2 Å². The van der Waals surface area contributed by atoms with Crippen LogP contribution in [-0.4, -0.2) is 78.9 Å². The third-order valence-electron chi connectivity index (χ3n) is 6.02. The molecule has 0 atom stereocenters. The van der Waals surface area contributed by atoms with Gasteiger partial charge in [-0.2, -0.15) is 8.70 Å². The first-order valence-electron chi connectivity index (χ1n) is 11.4. The predicted octanol–water partition coefficient (Wildman–Crippen LogP) is 2.91. The van der Waals surface area contributed by atoms with Crippen molar-refractivity contribution >= 4 is 39.1 Å². The predicted molar refractivity (Wildman–Crippen MR) is 136 cm³/mol. The third-order valence-corrected chi connectivity index (χ3v) is 7.64. The average Bonchev–Trinajstić information content (AvgIpc) is 3.35. The summed E-state index contributed by atoms with van der Waals surface area (Å²) >= 11 is 6.31. The number of sulfonamides is 1. The van der Waals surface area contributed by atoms with Crippen LogP contribution in [0.4, 0.5) is 14.5 Å². The van der Waals surface area contributed by atoms with Crippen LogP contribution in [-0.2, 0) is 16.4 Å². The van der Waals surface area contributed by atoms with Crippen LogP contribution in [0.5, 0.6) is 5.75 Å². The minimum atomic E-state index is -3.32. The van der Waals surface area contributed by atoms with Gasteiger partial charge in [0.1, 0.15) is 0 Å². The van der Waals surface area contributed by atoms with E-state index in [9.17, 15) is 26.8 Å². The summed E-state index contributed by atoms with van der Waals surface area (Å²) < 4.78 is 57.6. The van der Waals surface area contributed by atoms with E-state index in [1.807, 2.05) is 0 Å². The first kappa shape index (κ1) is 27.5. The molecule has 1 aliphatic heterocycles. The van der Waals surface area contributed by atoms with Gasteiger partial charge in [0.2, 0.25) is 15.8 Å². The third kappa shape index (κ3) is 5.95. The van der Waals surface area contributed by atoms with Crippen molar-refractivity contribution in [2.45, 2.75) is 6.42 Å². The minimum Gasteiger partial charge on any atom is -0.494 e. The zero-order valence-electron chi connectivity index (χ0n) is 20.4. The SMILES string of the molecule is COc1ccc(Cc2cnc(C(=O)Nc3ccc(C(=O)N4CCN(S(C)(=O)=O)CC4)c(Cl)c3)[nH]2)c(F)c1F. The zero-order valence-corrected chi connectivity index (χ0v) is 22.0. The lowest BCUT2D eigenvalue weighted by Crippen LogP contribution is -2.50. The maximum Gasteiger partial charge on any atom is 0.291 e. The zero-order chi connectivity index (χ0) is 27.6. The molecule has 1 saturated heterocycles. The number of hydrogen-bond donors (Lipinski definition) is 2. The number of rotatable bonds is 7. The van der Waals surface area contributed by atoms with Crippen molar-refractivity contribution < 1.29 is 31.5 Å². The molecule has 1 fully saturated rings. The van der Waals surface area contributed by atoms with Gasteiger partial charge in [-0.15, -0.1) is 0 Å². The molecular formula is C24H24ClF2N5O5S. The maximum atomic E-state index is 14.3. The van der Waals surface area contributed by atoms with E-state index >= 15 is 0 Å². The van der Waals surface area contributed by atoms with Gasteiger partial charge in [-0.05, 0) is 29.8 Å². The Morgan fingerprint density at radius 3 is 2.47 bits per heavy atom. The van der Waals surface area contributed by atoms with Gasteiger partial charge in [0, 0.05) is 50.2 Å². The number of carbonyl (C=O) groups is 2. The van der Waals surface area contributed by atoms with E-state index in [0.29, 0.717) is 11.4 Å². The van der Waals surface area contributed by atoms with Gasteiger partial charge in [-0.3, -0.25) is 9.59 Å². The molecule has 1 aliphatic rings. The van der Waals surface area contributed by atoms with E-state index in [2.05, 4.69) is 15.3 Å². The Bertz CT molecular complexity index is 1490. The molecule has 2 heterocycles. The molecule has 0 radical (unpaired) electrons. The molecule has 2 N–H and O–H groups in total. The van der Waals surface area contributed by atoms with Crippen LogP contribution in [0.15, 0.2) is 36.5 Å². The lowest BCUT2D eigenvalue weighted by molar-refractivity contribution is 0.0698. The molecule has 0 unspecified atom stereocenters. The Morgan fingerprint density at radius 1 is 1.13 bits per heavy atom. The van der Waals surface area contributed by atoms with Crippen molar-refractivity contribution in [3.63, 3.8) is 0 Å². The van der Waals surface area contributed by atoms with Crippen molar-refractivity contribution in [2.24, 2.45) is 0 Å². The lowest BCUT2D eigenvalue weighted by atomic mass is 10.1. The van der Waals surface area contributed by atoms with E-state index in [1.165, 1.54) is 52.8 Å². The summed E-state index contributed by atoms with van der Waals surface area (Å²) in [5, 5.41) is 2.72. The molecular weight excluding hydrogens is 544 g/mol. The van der Waals surface area contributed by atoms with Gasteiger partial charge >= 0.3 is 0 Å². The second-order valence-corrected chi connectivity index (χ2v) is 11.0. The summed E-state index contributed by atoms with van der Waals surface area (Å²) in [4.78, 5) is 33.8. The number of imidazole rings is 1. The molecule has 0 bridgehead atoms. The average molecular weight is 568 g/mol. The number of hydrogen-bond acceptors (Lipinski definition) is 6. The van der Waals surface area contributed by atoms with E-state index in [1.54, 1.807) is 0 Å². The monoisotopic (exact) mass is 567 g/mol. The molecule has 38 heavy (non-hydrogen) atoms. The normalized spacial score (nSPS) is 14.4. The molecule has 3 aromatic rings.